The second-order valence-corrected chi connectivity index (χ2v) is 4.84. The number of carbonyl (C=O) groups excluding carboxylic acids is 3. The molecule has 0 aromatic rings. The first-order valence-corrected chi connectivity index (χ1v) is 6.48. The van der Waals surface area contributed by atoms with Crippen LogP contribution in [0.15, 0.2) is 0 Å². The fourth-order valence-electron chi connectivity index (χ4n) is 1.45. The standard InChI is InChI=1S/C12H22N4O5/c1-6(2)10(12(21)14-5-9(18)19)16-11(20)7(3)15-8(17)4-13/h6-7,10H,4-5,13H2,1-3H3,(H,14,21)(H,15,17)(H,16,20)(H,18,19). The van der Waals surface area contributed by atoms with Crippen molar-refractivity contribution in [2.45, 2.75) is 32.9 Å². The Balaban J connectivity index is 4.62. The van der Waals surface area contributed by atoms with Gasteiger partial charge in [-0.1, -0.05) is 13.8 Å². The van der Waals surface area contributed by atoms with Gasteiger partial charge in [0.25, 0.3) is 0 Å². The third-order valence-corrected chi connectivity index (χ3v) is 2.62. The smallest absolute Gasteiger partial charge is 0.322 e. The first-order chi connectivity index (χ1) is 9.68. The summed E-state index contributed by atoms with van der Waals surface area (Å²) in [5, 5.41) is 15.5. The average molecular weight is 302 g/mol. The predicted octanol–water partition coefficient (Wildman–Crippen LogP) is -2.21. The fraction of sp³-hybridized carbons (Fsp3) is 0.667. The molecule has 0 spiro atoms. The van der Waals surface area contributed by atoms with Gasteiger partial charge >= 0.3 is 5.97 Å². The van der Waals surface area contributed by atoms with Crippen LogP contribution < -0.4 is 21.7 Å². The van der Waals surface area contributed by atoms with Crippen molar-refractivity contribution in [1.82, 2.24) is 16.0 Å². The minimum absolute atomic E-state index is 0.246. The monoisotopic (exact) mass is 302 g/mol. The van der Waals surface area contributed by atoms with E-state index < -0.39 is 42.3 Å². The lowest BCUT2D eigenvalue weighted by Gasteiger charge is -2.23. The summed E-state index contributed by atoms with van der Waals surface area (Å²) in [5.74, 6) is -3.07. The first kappa shape index (κ1) is 18.8. The van der Waals surface area contributed by atoms with Gasteiger partial charge in [0.2, 0.25) is 17.7 Å². The van der Waals surface area contributed by atoms with Crippen LogP contribution in [-0.4, -0.2) is 54.0 Å². The fourth-order valence-corrected chi connectivity index (χ4v) is 1.45. The molecule has 6 N–H and O–H groups in total. The van der Waals surface area contributed by atoms with Crippen LogP contribution in [0.2, 0.25) is 0 Å². The zero-order valence-corrected chi connectivity index (χ0v) is 12.3. The van der Waals surface area contributed by atoms with Gasteiger partial charge < -0.3 is 26.8 Å². The number of hydrogen-bond donors (Lipinski definition) is 5. The van der Waals surface area contributed by atoms with Gasteiger partial charge in [-0.2, -0.15) is 0 Å². The van der Waals surface area contributed by atoms with Gasteiger partial charge in [-0.05, 0) is 12.8 Å². The van der Waals surface area contributed by atoms with Gasteiger partial charge in [-0.3, -0.25) is 19.2 Å². The lowest BCUT2D eigenvalue weighted by Crippen LogP contribution is -2.55. The Morgan fingerprint density at radius 1 is 1.05 bits per heavy atom. The molecule has 0 aliphatic heterocycles. The average Bonchev–Trinajstić information content (AvgIpc) is 2.40. The first-order valence-electron chi connectivity index (χ1n) is 6.48. The van der Waals surface area contributed by atoms with Crippen LogP contribution in [0.25, 0.3) is 0 Å². The van der Waals surface area contributed by atoms with E-state index in [2.05, 4.69) is 16.0 Å². The van der Waals surface area contributed by atoms with Crippen molar-refractivity contribution < 1.29 is 24.3 Å². The van der Waals surface area contributed by atoms with E-state index in [0.29, 0.717) is 0 Å². The molecule has 2 unspecified atom stereocenters. The summed E-state index contributed by atoms with van der Waals surface area (Å²) in [5.41, 5.74) is 5.12. The zero-order valence-electron chi connectivity index (χ0n) is 12.3. The van der Waals surface area contributed by atoms with Crippen LogP contribution in [0.3, 0.4) is 0 Å². The minimum Gasteiger partial charge on any atom is -0.480 e. The minimum atomic E-state index is -1.18. The third kappa shape index (κ3) is 7.25. The van der Waals surface area contributed by atoms with Crippen molar-refractivity contribution in [3.63, 3.8) is 0 Å². The number of nitrogens with one attached hydrogen (secondary N) is 3. The molecule has 0 aromatic heterocycles. The number of carboxylic acids is 1. The summed E-state index contributed by atoms with van der Waals surface area (Å²) < 4.78 is 0. The van der Waals surface area contributed by atoms with Crippen molar-refractivity contribution in [2.75, 3.05) is 13.1 Å². The Labute approximate surface area is 122 Å². The van der Waals surface area contributed by atoms with Crippen LogP contribution in [-0.2, 0) is 19.2 Å². The van der Waals surface area contributed by atoms with E-state index >= 15 is 0 Å². The highest BCUT2D eigenvalue weighted by Gasteiger charge is 2.26. The molecule has 0 fully saturated rings. The maximum absolute atomic E-state index is 11.9. The highest BCUT2D eigenvalue weighted by molar-refractivity contribution is 5.93. The molecule has 0 heterocycles. The Bertz CT molecular complexity index is 410. The highest BCUT2D eigenvalue weighted by atomic mass is 16.4. The molecule has 21 heavy (non-hydrogen) atoms. The quantitative estimate of drug-likeness (QED) is 0.343. The zero-order chi connectivity index (χ0) is 16.6. The Morgan fingerprint density at radius 2 is 1.62 bits per heavy atom. The van der Waals surface area contributed by atoms with Gasteiger partial charge in [-0.15, -0.1) is 0 Å². The van der Waals surface area contributed by atoms with E-state index in [1.165, 1.54) is 6.92 Å². The molecule has 0 aromatic carbocycles. The molecule has 0 rings (SSSR count). The molecule has 9 heteroatoms. The molecule has 0 radical (unpaired) electrons. The van der Waals surface area contributed by atoms with Crippen molar-refractivity contribution >= 4 is 23.7 Å². The second kappa shape index (κ2) is 8.90. The largest absolute Gasteiger partial charge is 0.480 e. The number of amides is 3. The molecular weight excluding hydrogens is 280 g/mol. The topological polar surface area (TPSA) is 151 Å². The van der Waals surface area contributed by atoms with E-state index in [1.54, 1.807) is 13.8 Å². The Hall–Kier alpha value is -2.16. The Morgan fingerprint density at radius 3 is 2.05 bits per heavy atom. The van der Waals surface area contributed by atoms with Crippen LogP contribution in [0, 0.1) is 5.92 Å². The summed E-state index contributed by atoms with van der Waals surface area (Å²) in [6.07, 6.45) is 0. The predicted molar refractivity (Wildman–Crippen MR) is 74.1 cm³/mol. The number of carbonyl (C=O) groups is 4. The molecule has 0 saturated heterocycles. The van der Waals surface area contributed by atoms with Gasteiger partial charge in [0.15, 0.2) is 0 Å². The van der Waals surface area contributed by atoms with Crippen molar-refractivity contribution in [3.8, 4) is 0 Å². The lowest BCUT2D eigenvalue weighted by atomic mass is 10.0. The molecule has 9 nitrogen and oxygen atoms in total. The van der Waals surface area contributed by atoms with Gasteiger partial charge in [0, 0.05) is 0 Å². The van der Waals surface area contributed by atoms with Crippen LogP contribution in [0.1, 0.15) is 20.8 Å². The maximum Gasteiger partial charge on any atom is 0.322 e. The van der Waals surface area contributed by atoms with Crippen molar-refractivity contribution in [1.29, 1.82) is 0 Å². The lowest BCUT2D eigenvalue weighted by molar-refractivity contribution is -0.138. The molecule has 0 saturated carbocycles. The molecular formula is C12H22N4O5. The summed E-state index contributed by atoms with van der Waals surface area (Å²) in [6, 6.07) is -1.75. The van der Waals surface area contributed by atoms with E-state index in [-0.39, 0.29) is 12.5 Å². The Kier molecular flexibility index (Phi) is 7.99. The number of nitrogens with two attached hydrogens (primary N) is 1. The molecule has 3 amide bonds. The van der Waals surface area contributed by atoms with E-state index in [0.717, 1.165) is 0 Å². The number of hydrogen-bond acceptors (Lipinski definition) is 5. The van der Waals surface area contributed by atoms with Crippen molar-refractivity contribution in [3.05, 3.63) is 0 Å². The third-order valence-electron chi connectivity index (χ3n) is 2.62. The summed E-state index contributed by atoms with van der Waals surface area (Å²) >= 11 is 0. The highest BCUT2D eigenvalue weighted by Crippen LogP contribution is 2.02. The molecule has 0 aliphatic carbocycles. The van der Waals surface area contributed by atoms with Gasteiger partial charge in [-0.25, -0.2) is 0 Å². The number of aliphatic carboxylic acids is 1. The summed E-state index contributed by atoms with van der Waals surface area (Å²) in [6.45, 7) is 4.08. The maximum atomic E-state index is 11.9. The second-order valence-electron chi connectivity index (χ2n) is 4.84. The number of carboxylic acid groups (broad SMARTS) is 1. The molecule has 120 valence electrons. The molecule has 2 atom stereocenters. The summed E-state index contributed by atoms with van der Waals surface area (Å²) in [4.78, 5) is 45.2. The molecule has 0 aliphatic rings. The van der Waals surface area contributed by atoms with Gasteiger partial charge in [0.1, 0.15) is 18.6 Å². The van der Waals surface area contributed by atoms with Crippen LogP contribution in [0.5, 0.6) is 0 Å². The van der Waals surface area contributed by atoms with Crippen molar-refractivity contribution in [2.24, 2.45) is 11.7 Å². The van der Waals surface area contributed by atoms with E-state index in [1.807, 2.05) is 0 Å². The summed E-state index contributed by atoms with van der Waals surface area (Å²) in [7, 11) is 0. The van der Waals surface area contributed by atoms with Gasteiger partial charge in [0.05, 0.1) is 6.54 Å². The number of rotatable bonds is 8. The SMILES string of the molecule is CC(NC(=O)CN)C(=O)NC(C(=O)NCC(=O)O)C(C)C. The van der Waals surface area contributed by atoms with Crippen LogP contribution in [0.4, 0.5) is 0 Å². The van der Waals surface area contributed by atoms with E-state index in [4.69, 9.17) is 10.8 Å². The van der Waals surface area contributed by atoms with E-state index in [9.17, 15) is 19.2 Å². The molecule has 0 bridgehead atoms. The normalized spacial score (nSPS) is 13.2. The van der Waals surface area contributed by atoms with Crippen LogP contribution >= 0.6 is 0 Å².